The molecule has 0 spiro atoms. The Morgan fingerprint density at radius 1 is 1.56 bits per heavy atom. The number of rotatable bonds is 8. The molecule has 0 aliphatic carbocycles. The zero-order valence-corrected chi connectivity index (χ0v) is 10.2. The summed E-state index contributed by atoms with van der Waals surface area (Å²) in [6.45, 7) is 2.28. The van der Waals surface area contributed by atoms with E-state index in [1.165, 1.54) is 0 Å². The zero-order chi connectivity index (χ0) is 11.6. The third-order valence-corrected chi connectivity index (χ3v) is 2.75. The summed E-state index contributed by atoms with van der Waals surface area (Å²) in [7, 11) is 1.63. The number of nitrogens with one attached hydrogen (secondary N) is 2. The molecule has 0 unspecified atom stereocenters. The lowest BCUT2D eigenvalue weighted by atomic mass is 10.4. The van der Waals surface area contributed by atoms with Crippen LogP contribution in [0.4, 0.5) is 0 Å². The molecule has 0 fully saturated rings. The van der Waals surface area contributed by atoms with E-state index in [1.807, 2.05) is 5.38 Å². The maximum absolute atomic E-state index is 11.3. The Balaban J connectivity index is 1.98. The van der Waals surface area contributed by atoms with Gasteiger partial charge in [0.2, 0.25) is 5.91 Å². The van der Waals surface area contributed by atoms with E-state index in [2.05, 4.69) is 15.6 Å². The molecule has 6 heteroatoms. The van der Waals surface area contributed by atoms with Gasteiger partial charge < -0.3 is 15.4 Å². The zero-order valence-electron chi connectivity index (χ0n) is 9.36. The van der Waals surface area contributed by atoms with Gasteiger partial charge in [0.1, 0.15) is 0 Å². The highest BCUT2D eigenvalue weighted by atomic mass is 32.1. The summed E-state index contributed by atoms with van der Waals surface area (Å²) in [6, 6.07) is 0. The van der Waals surface area contributed by atoms with Crippen LogP contribution in [0.1, 0.15) is 5.01 Å². The molecule has 90 valence electrons. The van der Waals surface area contributed by atoms with Gasteiger partial charge in [-0.2, -0.15) is 0 Å². The highest BCUT2D eigenvalue weighted by molar-refractivity contribution is 7.09. The van der Waals surface area contributed by atoms with Crippen LogP contribution in [0.25, 0.3) is 0 Å². The monoisotopic (exact) mass is 243 g/mol. The summed E-state index contributed by atoms with van der Waals surface area (Å²) < 4.78 is 4.85. The van der Waals surface area contributed by atoms with Crippen LogP contribution in [0, 0.1) is 0 Å². The lowest BCUT2D eigenvalue weighted by Gasteiger charge is -2.05. The first kappa shape index (κ1) is 13.1. The molecule has 0 radical (unpaired) electrons. The predicted molar refractivity (Wildman–Crippen MR) is 63.6 cm³/mol. The second kappa shape index (κ2) is 8.20. The second-order valence-corrected chi connectivity index (χ2v) is 4.17. The fraction of sp³-hybridized carbons (Fsp3) is 0.600. The van der Waals surface area contributed by atoms with Crippen LogP contribution < -0.4 is 10.6 Å². The lowest BCUT2D eigenvalue weighted by Crippen LogP contribution is -2.36. The van der Waals surface area contributed by atoms with Gasteiger partial charge in [0.05, 0.1) is 18.2 Å². The maximum atomic E-state index is 11.3. The van der Waals surface area contributed by atoms with Crippen LogP contribution in [-0.4, -0.2) is 44.2 Å². The van der Waals surface area contributed by atoms with Crippen LogP contribution in [0.15, 0.2) is 11.6 Å². The molecular weight excluding hydrogens is 226 g/mol. The first-order valence-electron chi connectivity index (χ1n) is 5.17. The Morgan fingerprint density at radius 3 is 3.12 bits per heavy atom. The fourth-order valence-electron chi connectivity index (χ4n) is 1.12. The van der Waals surface area contributed by atoms with Crippen molar-refractivity contribution in [2.24, 2.45) is 0 Å². The first-order valence-corrected chi connectivity index (χ1v) is 6.05. The molecule has 16 heavy (non-hydrogen) atoms. The van der Waals surface area contributed by atoms with Crippen molar-refractivity contribution in [3.8, 4) is 0 Å². The normalized spacial score (nSPS) is 10.3. The molecule has 0 aromatic carbocycles. The minimum absolute atomic E-state index is 0.00709. The topological polar surface area (TPSA) is 63.2 Å². The number of aromatic nitrogens is 1. The van der Waals surface area contributed by atoms with Crippen molar-refractivity contribution in [2.75, 3.05) is 33.4 Å². The summed E-state index contributed by atoms with van der Waals surface area (Å²) in [5.41, 5.74) is 0. The summed E-state index contributed by atoms with van der Waals surface area (Å²) >= 11 is 1.60. The number of ether oxygens (including phenoxy) is 1. The minimum atomic E-state index is 0.00709. The first-order chi connectivity index (χ1) is 7.83. The van der Waals surface area contributed by atoms with Crippen molar-refractivity contribution in [3.05, 3.63) is 16.6 Å². The molecule has 0 bridgehead atoms. The second-order valence-electron chi connectivity index (χ2n) is 3.20. The van der Waals surface area contributed by atoms with Crippen molar-refractivity contribution < 1.29 is 9.53 Å². The van der Waals surface area contributed by atoms with Crippen LogP contribution in [0.2, 0.25) is 0 Å². The van der Waals surface area contributed by atoms with E-state index in [1.54, 1.807) is 24.6 Å². The van der Waals surface area contributed by atoms with Gasteiger partial charge in [0, 0.05) is 38.2 Å². The van der Waals surface area contributed by atoms with Crippen molar-refractivity contribution in [1.82, 2.24) is 15.6 Å². The average molecular weight is 243 g/mol. The molecule has 1 heterocycles. The largest absolute Gasteiger partial charge is 0.383 e. The van der Waals surface area contributed by atoms with Crippen LogP contribution in [0.3, 0.4) is 0 Å². The fourth-order valence-corrected chi connectivity index (χ4v) is 1.74. The highest BCUT2D eigenvalue weighted by Crippen LogP contribution is 2.03. The Kier molecular flexibility index (Phi) is 6.71. The Hall–Kier alpha value is -0.980. The molecule has 0 saturated carbocycles. The van der Waals surface area contributed by atoms with Crippen LogP contribution in [-0.2, 0) is 16.0 Å². The number of hydrogen-bond acceptors (Lipinski definition) is 5. The molecule has 0 saturated heterocycles. The molecule has 2 N–H and O–H groups in total. The Morgan fingerprint density at radius 2 is 2.44 bits per heavy atom. The molecule has 1 aromatic heterocycles. The minimum Gasteiger partial charge on any atom is -0.383 e. The summed E-state index contributed by atoms with van der Waals surface area (Å²) in [4.78, 5) is 15.4. The molecule has 5 nitrogen and oxygen atoms in total. The lowest BCUT2D eigenvalue weighted by molar-refractivity contribution is -0.120. The number of thiazole rings is 1. The van der Waals surface area contributed by atoms with Gasteiger partial charge >= 0.3 is 0 Å². The number of nitrogens with zero attached hydrogens (tertiary/aromatic N) is 1. The third kappa shape index (κ3) is 5.79. The molecule has 0 atom stereocenters. The van der Waals surface area contributed by atoms with Crippen molar-refractivity contribution in [3.63, 3.8) is 0 Å². The van der Waals surface area contributed by atoms with E-state index in [0.717, 1.165) is 11.4 Å². The van der Waals surface area contributed by atoms with Crippen molar-refractivity contribution in [1.29, 1.82) is 0 Å². The Bertz CT molecular complexity index is 290. The summed E-state index contributed by atoms with van der Waals surface area (Å²) in [5, 5.41) is 8.78. The quantitative estimate of drug-likeness (QED) is 0.633. The van der Waals surface area contributed by atoms with E-state index in [9.17, 15) is 4.79 Å². The van der Waals surface area contributed by atoms with Crippen molar-refractivity contribution in [2.45, 2.75) is 6.42 Å². The van der Waals surface area contributed by atoms with E-state index in [-0.39, 0.29) is 5.91 Å². The third-order valence-electron chi connectivity index (χ3n) is 1.91. The van der Waals surface area contributed by atoms with E-state index in [0.29, 0.717) is 26.2 Å². The maximum Gasteiger partial charge on any atom is 0.233 e. The van der Waals surface area contributed by atoms with E-state index < -0.39 is 0 Å². The van der Waals surface area contributed by atoms with Gasteiger partial charge in [-0.25, -0.2) is 4.98 Å². The number of hydrogen-bond donors (Lipinski definition) is 2. The van der Waals surface area contributed by atoms with E-state index >= 15 is 0 Å². The SMILES string of the molecule is COCCNCC(=O)NCCc1nccs1. The summed E-state index contributed by atoms with van der Waals surface area (Å²) in [5.74, 6) is 0.00709. The number of carbonyl (C=O) groups is 1. The van der Waals surface area contributed by atoms with Crippen molar-refractivity contribution >= 4 is 17.2 Å². The summed E-state index contributed by atoms with van der Waals surface area (Å²) in [6.07, 6.45) is 2.57. The van der Waals surface area contributed by atoms with Crippen LogP contribution >= 0.6 is 11.3 Å². The van der Waals surface area contributed by atoms with Crippen LogP contribution in [0.5, 0.6) is 0 Å². The van der Waals surface area contributed by atoms with Gasteiger partial charge in [-0.3, -0.25) is 4.79 Å². The highest BCUT2D eigenvalue weighted by Gasteiger charge is 2.00. The predicted octanol–water partition coefficient (Wildman–Crippen LogP) is 0.0378. The van der Waals surface area contributed by atoms with Gasteiger partial charge in [0.25, 0.3) is 0 Å². The van der Waals surface area contributed by atoms with Gasteiger partial charge in [-0.05, 0) is 0 Å². The number of carbonyl (C=O) groups excluding carboxylic acids is 1. The molecule has 0 aliphatic rings. The molecular formula is C10H17N3O2S. The molecule has 1 aromatic rings. The van der Waals surface area contributed by atoms with Gasteiger partial charge in [0.15, 0.2) is 0 Å². The van der Waals surface area contributed by atoms with Gasteiger partial charge in [-0.15, -0.1) is 11.3 Å². The number of amides is 1. The standard InChI is InChI=1S/C10H17N3O2S/c1-15-6-4-11-8-9(14)12-3-2-10-13-5-7-16-10/h5,7,11H,2-4,6,8H2,1H3,(H,12,14). The molecule has 0 aliphatic heterocycles. The Labute approximate surface area is 99.2 Å². The molecule has 1 rings (SSSR count). The van der Waals surface area contributed by atoms with Gasteiger partial charge in [-0.1, -0.05) is 0 Å². The number of methoxy groups -OCH3 is 1. The molecule has 1 amide bonds. The smallest absolute Gasteiger partial charge is 0.233 e. The average Bonchev–Trinajstić information content (AvgIpc) is 2.77. The van der Waals surface area contributed by atoms with E-state index in [4.69, 9.17) is 4.74 Å².